The van der Waals surface area contributed by atoms with E-state index in [-0.39, 0.29) is 18.2 Å². The van der Waals surface area contributed by atoms with Crippen molar-refractivity contribution in [2.75, 3.05) is 7.11 Å². The molecule has 124 valence electrons. The number of nitrogens with one attached hydrogen (secondary N) is 1. The first-order valence-corrected chi connectivity index (χ1v) is 7.46. The molecule has 8 nitrogen and oxygen atoms in total. The van der Waals surface area contributed by atoms with Crippen LogP contribution >= 0.6 is 11.6 Å². The van der Waals surface area contributed by atoms with Crippen LogP contribution in [-0.2, 0) is 17.9 Å². The Morgan fingerprint density at radius 3 is 2.75 bits per heavy atom. The van der Waals surface area contributed by atoms with Gasteiger partial charge in [0.1, 0.15) is 6.54 Å². The SMILES string of the molecule is COc1ccn2c(=O)n(CC(=O)NCc3ccc(Cl)cc3)nc2n1. The number of ether oxygens (including phenoxy) is 1. The normalized spacial score (nSPS) is 10.8. The number of amides is 1. The number of nitrogens with zero attached hydrogens (tertiary/aromatic N) is 4. The highest BCUT2D eigenvalue weighted by Crippen LogP contribution is 2.09. The largest absolute Gasteiger partial charge is 0.481 e. The maximum absolute atomic E-state index is 12.2. The Morgan fingerprint density at radius 1 is 1.29 bits per heavy atom. The van der Waals surface area contributed by atoms with Gasteiger partial charge in [0.25, 0.3) is 5.78 Å². The molecule has 0 saturated heterocycles. The lowest BCUT2D eigenvalue weighted by Crippen LogP contribution is -2.32. The van der Waals surface area contributed by atoms with E-state index in [2.05, 4.69) is 15.4 Å². The fraction of sp³-hybridized carbons (Fsp3) is 0.200. The van der Waals surface area contributed by atoms with Crippen molar-refractivity contribution in [1.82, 2.24) is 24.5 Å². The summed E-state index contributed by atoms with van der Waals surface area (Å²) in [4.78, 5) is 28.2. The van der Waals surface area contributed by atoms with Crippen molar-refractivity contribution in [2.45, 2.75) is 13.1 Å². The number of aromatic nitrogens is 4. The van der Waals surface area contributed by atoms with Crippen molar-refractivity contribution in [1.29, 1.82) is 0 Å². The molecule has 0 unspecified atom stereocenters. The van der Waals surface area contributed by atoms with E-state index in [1.807, 2.05) is 12.1 Å². The van der Waals surface area contributed by atoms with E-state index in [9.17, 15) is 9.59 Å². The van der Waals surface area contributed by atoms with Gasteiger partial charge in [-0.15, -0.1) is 5.10 Å². The summed E-state index contributed by atoms with van der Waals surface area (Å²) < 4.78 is 7.28. The van der Waals surface area contributed by atoms with Crippen molar-refractivity contribution in [3.63, 3.8) is 0 Å². The molecule has 1 N–H and O–H groups in total. The number of halogens is 1. The fourth-order valence-corrected chi connectivity index (χ4v) is 2.23. The number of methoxy groups -OCH3 is 1. The molecule has 0 saturated carbocycles. The van der Waals surface area contributed by atoms with E-state index in [0.29, 0.717) is 17.4 Å². The van der Waals surface area contributed by atoms with E-state index in [1.54, 1.807) is 18.2 Å². The van der Waals surface area contributed by atoms with Crippen molar-refractivity contribution in [2.24, 2.45) is 0 Å². The molecule has 3 aromatic rings. The third-order valence-electron chi connectivity index (χ3n) is 3.33. The van der Waals surface area contributed by atoms with Crippen LogP contribution in [0.3, 0.4) is 0 Å². The number of carbonyl (C=O) groups excluding carboxylic acids is 1. The van der Waals surface area contributed by atoms with Gasteiger partial charge in [0.2, 0.25) is 11.8 Å². The molecule has 2 aromatic heterocycles. The molecule has 0 aliphatic rings. The minimum atomic E-state index is -0.443. The number of hydrogen-bond donors (Lipinski definition) is 1. The van der Waals surface area contributed by atoms with Crippen molar-refractivity contribution in [3.05, 3.63) is 57.6 Å². The summed E-state index contributed by atoms with van der Waals surface area (Å²) in [5.74, 6) is 0.180. The molecule has 9 heteroatoms. The number of hydrogen-bond acceptors (Lipinski definition) is 5. The zero-order chi connectivity index (χ0) is 17.1. The molecule has 3 rings (SSSR count). The van der Waals surface area contributed by atoms with E-state index >= 15 is 0 Å². The highest BCUT2D eigenvalue weighted by molar-refractivity contribution is 6.30. The van der Waals surface area contributed by atoms with Crippen LogP contribution in [0.15, 0.2) is 41.3 Å². The monoisotopic (exact) mass is 347 g/mol. The van der Waals surface area contributed by atoms with Crippen LogP contribution in [-0.4, -0.2) is 32.2 Å². The predicted octanol–water partition coefficient (Wildman–Crippen LogP) is 0.869. The van der Waals surface area contributed by atoms with Crippen LogP contribution in [0.25, 0.3) is 5.78 Å². The molecule has 1 amide bonds. The Kier molecular flexibility index (Phi) is 4.48. The van der Waals surface area contributed by atoms with Crippen molar-refractivity contribution in [3.8, 4) is 5.88 Å². The lowest BCUT2D eigenvalue weighted by atomic mass is 10.2. The van der Waals surface area contributed by atoms with Crippen LogP contribution in [0.1, 0.15) is 5.56 Å². The van der Waals surface area contributed by atoms with Gasteiger partial charge in [0, 0.05) is 23.8 Å². The first-order valence-electron chi connectivity index (χ1n) is 7.08. The molecule has 0 bridgehead atoms. The second kappa shape index (κ2) is 6.71. The average Bonchev–Trinajstić information content (AvgIpc) is 2.89. The van der Waals surface area contributed by atoms with Crippen LogP contribution in [0.2, 0.25) is 5.02 Å². The standard InChI is InChI=1S/C15H14ClN5O3/c1-24-13-6-7-20-14(18-13)19-21(15(20)23)9-12(22)17-8-10-2-4-11(16)5-3-10/h2-7H,8-9H2,1H3,(H,17,22). The fourth-order valence-electron chi connectivity index (χ4n) is 2.10. The lowest BCUT2D eigenvalue weighted by molar-refractivity contribution is -0.122. The zero-order valence-corrected chi connectivity index (χ0v) is 13.5. The average molecular weight is 348 g/mol. The lowest BCUT2D eigenvalue weighted by Gasteiger charge is -2.04. The maximum atomic E-state index is 12.2. The minimum Gasteiger partial charge on any atom is -0.481 e. The van der Waals surface area contributed by atoms with Gasteiger partial charge < -0.3 is 10.1 Å². The number of fused-ring (bicyclic) bond motifs is 1. The molecule has 0 spiro atoms. The Morgan fingerprint density at radius 2 is 2.04 bits per heavy atom. The molecular weight excluding hydrogens is 334 g/mol. The number of rotatable bonds is 5. The van der Waals surface area contributed by atoms with Gasteiger partial charge >= 0.3 is 5.69 Å². The minimum absolute atomic E-state index is 0.171. The van der Waals surface area contributed by atoms with Gasteiger partial charge in [-0.25, -0.2) is 13.9 Å². The summed E-state index contributed by atoms with van der Waals surface area (Å²) in [5.41, 5.74) is 0.461. The second-order valence-electron chi connectivity index (χ2n) is 4.98. The third-order valence-corrected chi connectivity index (χ3v) is 3.59. The maximum Gasteiger partial charge on any atom is 0.352 e. The van der Waals surface area contributed by atoms with E-state index < -0.39 is 5.69 Å². The predicted molar refractivity (Wildman–Crippen MR) is 87.1 cm³/mol. The van der Waals surface area contributed by atoms with Gasteiger partial charge in [-0.05, 0) is 17.7 Å². The van der Waals surface area contributed by atoms with Gasteiger partial charge in [-0.2, -0.15) is 4.98 Å². The quantitative estimate of drug-likeness (QED) is 0.739. The summed E-state index contributed by atoms with van der Waals surface area (Å²) in [5, 5.41) is 7.38. The van der Waals surface area contributed by atoms with Gasteiger partial charge in [-0.3, -0.25) is 4.79 Å². The van der Waals surface area contributed by atoms with Crippen LogP contribution in [0.5, 0.6) is 5.88 Å². The number of benzene rings is 1. The summed E-state index contributed by atoms with van der Waals surface area (Å²) in [6.07, 6.45) is 1.50. The molecular formula is C15H14ClN5O3. The molecule has 24 heavy (non-hydrogen) atoms. The molecule has 0 radical (unpaired) electrons. The molecule has 2 heterocycles. The smallest absolute Gasteiger partial charge is 0.352 e. The highest BCUT2D eigenvalue weighted by Gasteiger charge is 2.12. The Bertz CT molecular complexity index is 932. The van der Waals surface area contributed by atoms with Crippen LogP contribution < -0.4 is 15.7 Å². The second-order valence-corrected chi connectivity index (χ2v) is 5.42. The highest BCUT2D eigenvalue weighted by atomic mass is 35.5. The van der Waals surface area contributed by atoms with Crippen LogP contribution in [0, 0.1) is 0 Å². The van der Waals surface area contributed by atoms with E-state index in [4.69, 9.17) is 16.3 Å². The first kappa shape index (κ1) is 16.0. The van der Waals surface area contributed by atoms with Crippen LogP contribution in [0.4, 0.5) is 0 Å². The van der Waals surface area contributed by atoms with Crippen molar-refractivity contribution >= 4 is 23.3 Å². The van der Waals surface area contributed by atoms with Gasteiger partial charge in [0.05, 0.1) is 7.11 Å². The Labute approximate surface area is 141 Å². The molecule has 0 aliphatic heterocycles. The van der Waals surface area contributed by atoms with E-state index in [1.165, 1.54) is 17.7 Å². The molecule has 0 aliphatic carbocycles. The van der Waals surface area contributed by atoms with Gasteiger partial charge in [-0.1, -0.05) is 23.7 Å². The Balaban J connectivity index is 1.69. The topological polar surface area (TPSA) is 90.5 Å². The Hall–Kier alpha value is -2.87. The number of carbonyl (C=O) groups is 1. The van der Waals surface area contributed by atoms with E-state index in [0.717, 1.165) is 10.2 Å². The molecule has 0 fully saturated rings. The molecule has 1 aromatic carbocycles. The third kappa shape index (κ3) is 3.38. The summed E-state index contributed by atoms with van der Waals surface area (Å²) in [6.45, 7) is 0.141. The summed E-state index contributed by atoms with van der Waals surface area (Å²) >= 11 is 5.81. The first-order chi connectivity index (χ1) is 11.6. The van der Waals surface area contributed by atoms with Crippen molar-refractivity contribution < 1.29 is 9.53 Å². The summed E-state index contributed by atoms with van der Waals surface area (Å²) in [6, 6.07) is 8.66. The zero-order valence-electron chi connectivity index (χ0n) is 12.8. The summed E-state index contributed by atoms with van der Waals surface area (Å²) in [7, 11) is 1.47. The van der Waals surface area contributed by atoms with Gasteiger partial charge in [0.15, 0.2) is 0 Å². The molecule has 0 atom stereocenters.